The molecule has 1 aliphatic carbocycles. The van der Waals surface area contributed by atoms with Gasteiger partial charge in [0, 0.05) is 0 Å². The summed E-state index contributed by atoms with van der Waals surface area (Å²) in [6.07, 6.45) is 3.37. The largest absolute Gasteiger partial charge is 0.463 e. The normalized spacial score (nSPS) is 26.9. The minimum atomic E-state index is -0.964. The molecule has 1 fully saturated rings. The van der Waals surface area contributed by atoms with E-state index in [0.29, 0.717) is 18.6 Å². The van der Waals surface area contributed by atoms with E-state index in [1.807, 2.05) is 0 Å². The van der Waals surface area contributed by atoms with Crippen LogP contribution in [0.4, 0.5) is 0 Å². The molecule has 1 atom stereocenters. The molecule has 18 heavy (non-hydrogen) atoms. The number of hydrogen-bond donors (Lipinski definition) is 1. The summed E-state index contributed by atoms with van der Waals surface area (Å²) >= 11 is 0. The average Bonchev–Trinajstić information content (AvgIpc) is 2.76. The summed E-state index contributed by atoms with van der Waals surface area (Å²) in [5.41, 5.74) is -0.876. The third kappa shape index (κ3) is 2.43. The van der Waals surface area contributed by atoms with E-state index in [1.165, 1.54) is 7.11 Å². The Morgan fingerprint density at radius 1 is 1.39 bits per heavy atom. The lowest BCUT2D eigenvalue weighted by Crippen LogP contribution is -2.36. The summed E-state index contributed by atoms with van der Waals surface area (Å²) in [7, 11) is 1.31. The fourth-order valence-electron chi connectivity index (χ4n) is 2.84. The van der Waals surface area contributed by atoms with Gasteiger partial charge in [-0.2, -0.15) is 0 Å². The number of carbonyl (C=O) groups is 1. The van der Waals surface area contributed by atoms with Crippen LogP contribution >= 0.6 is 0 Å². The van der Waals surface area contributed by atoms with E-state index in [4.69, 9.17) is 4.42 Å². The van der Waals surface area contributed by atoms with Gasteiger partial charge in [0.2, 0.25) is 5.76 Å². The van der Waals surface area contributed by atoms with Crippen molar-refractivity contribution >= 4 is 5.97 Å². The zero-order valence-corrected chi connectivity index (χ0v) is 11.2. The molecule has 0 spiro atoms. The maximum atomic E-state index is 11.3. The zero-order valence-electron chi connectivity index (χ0n) is 11.2. The molecule has 0 aromatic carbocycles. The summed E-state index contributed by atoms with van der Waals surface area (Å²) < 4.78 is 10.0. The molecule has 100 valence electrons. The Balaban J connectivity index is 2.24. The lowest BCUT2D eigenvalue weighted by atomic mass is 9.69. The molecular weight excluding hydrogens is 232 g/mol. The van der Waals surface area contributed by atoms with Crippen molar-refractivity contribution in [2.24, 2.45) is 5.41 Å². The van der Waals surface area contributed by atoms with E-state index in [2.05, 4.69) is 18.6 Å². The second kappa shape index (κ2) is 4.43. The number of aliphatic hydroxyl groups is 1. The molecule has 1 saturated carbocycles. The molecule has 2 rings (SSSR count). The first kappa shape index (κ1) is 13.1. The molecule has 1 aromatic heterocycles. The van der Waals surface area contributed by atoms with Gasteiger partial charge in [0.05, 0.1) is 7.11 Å². The highest BCUT2D eigenvalue weighted by Gasteiger charge is 2.42. The molecule has 0 amide bonds. The van der Waals surface area contributed by atoms with Gasteiger partial charge >= 0.3 is 5.97 Å². The minimum Gasteiger partial charge on any atom is -0.463 e. The van der Waals surface area contributed by atoms with E-state index in [9.17, 15) is 9.90 Å². The highest BCUT2D eigenvalue weighted by molar-refractivity contribution is 5.86. The molecule has 1 aliphatic rings. The van der Waals surface area contributed by atoms with E-state index in [0.717, 1.165) is 12.8 Å². The van der Waals surface area contributed by atoms with E-state index < -0.39 is 11.6 Å². The molecule has 1 aromatic rings. The van der Waals surface area contributed by atoms with Gasteiger partial charge < -0.3 is 14.3 Å². The van der Waals surface area contributed by atoms with E-state index >= 15 is 0 Å². The van der Waals surface area contributed by atoms with Crippen molar-refractivity contribution in [1.82, 2.24) is 0 Å². The molecular formula is C14H20O4. The summed E-state index contributed by atoms with van der Waals surface area (Å²) in [6.45, 7) is 4.28. The molecule has 1 N–H and O–H groups in total. The Morgan fingerprint density at radius 3 is 2.72 bits per heavy atom. The average molecular weight is 252 g/mol. The minimum absolute atomic E-state index is 0.0885. The smallest absolute Gasteiger partial charge is 0.373 e. The van der Waals surface area contributed by atoms with Crippen LogP contribution in [0.3, 0.4) is 0 Å². The van der Waals surface area contributed by atoms with Crippen molar-refractivity contribution in [3.63, 3.8) is 0 Å². The Bertz CT molecular complexity index is 446. The lowest BCUT2D eigenvalue weighted by molar-refractivity contribution is -0.0599. The van der Waals surface area contributed by atoms with Crippen LogP contribution in [0, 0.1) is 5.41 Å². The fourth-order valence-corrected chi connectivity index (χ4v) is 2.84. The predicted molar refractivity (Wildman–Crippen MR) is 66.2 cm³/mol. The first-order chi connectivity index (χ1) is 8.36. The summed E-state index contributed by atoms with van der Waals surface area (Å²) in [5, 5.41) is 10.7. The number of hydrogen-bond acceptors (Lipinski definition) is 4. The highest BCUT2D eigenvalue weighted by Crippen LogP contribution is 2.46. The summed E-state index contributed by atoms with van der Waals surface area (Å²) in [4.78, 5) is 11.3. The fraction of sp³-hybridized carbons (Fsp3) is 0.643. The standard InChI is InChI=1S/C14H20O4/c1-13(2)7-4-8-14(16,9-13)11-6-5-10(18-11)12(15)17-3/h5-6,16H,4,7-9H2,1-3H3. The molecule has 1 heterocycles. The lowest BCUT2D eigenvalue weighted by Gasteiger charge is -2.40. The number of ether oxygens (including phenoxy) is 1. The molecule has 0 saturated heterocycles. The van der Waals surface area contributed by atoms with Crippen LogP contribution in [-0.4, -0.2) is 18.2 Å². The van der Waals surface area contributed by atoms with Crippen LogP contribution in [0.25, 0.3) is 0 Å². The second-order valence-electron chi connectivity index (χ2n) is 5.88. The Kier molecular flexibility index (Phi) is 3.23. The number of esters is 1. The molecule has 0 bridgehead atoms. The first-order valence-corrected chi connectivity index (χ1v) is 6.27. The van der Waals surface area contributed by atoms with Crippen molar-refractivity contribution in [2.75, 3.05) is 7.11 Å². The Morgan fingerprint density at radius 2 is 2.11 bits per heavy atom. The van der Waals surface area contributed by atoms with Crippen LogP contribution in [0.5, 0.6) is 0 Å². The summed E-state index contributed by atoms with van der Waals surface area (Å²) in [5.74, 6) is 0.0971. The van der Waals surface area contributed by atoms with Crippen molar-refractivity contribution < 1.29 is 19.1 Å². The topological polar surface area (TPSA) is 59.7 Å². The van der Waals surface area contributed by atoms with Crippen LogP contribution in [-0.2, 0) is 10.3 Å². The van der Waals surface area contributed by atoms with Gasteiger partial charge in [0.1, 0.15) is 11.4 Å². The quantitative estimate of drug-likeness (QED) is 0.822. The third-order valence-corrected chi connectivity index (χ3v) is 3.67. The second-order valence-corrected chi connectivity index (χ2v) is 5.88. The first-order valence-electron chi connectivity index (χ1n) is 6.27. The van der Waals surface area contributed by atoms with Crippen LogP contribution in [0.2, 0.25) is 0 Å². The number of carbonyl (C=O) groups excluding carboxylic acids is 1. The number of furan rings is 1. The van der Waals surface area contributed by atoms with Gasteiger partial charge in [-0.3, -0.25) is 0 Å². The van der Waals surface area contributed by atoms with Crippen molar-refractivity contribution in [3.05, 3.63) is 23.7 Å². The highest BCUT2D eigenvalue weighted by atomic mass is 16.5. The van der Waals surface area contributed by atoms with Gasteiger partial charge in [0.25, 0.3) is 0 Å². The molecule has 4 heteroatoms. The third-order valence-electron chi connectivity index (χ3n) is 3.67. The molecule has 1 unspecified atom stereocenters. The van der Waals surface area contributed by atoms with Gasteiger partial charge in [-0.25, -0.2) is 4.79 Å². The van der Waals surface area contributed by atoms with Gasteiger partial charge in [-0.15, -0.1) is 0 Å². The van der Waals surface area contributed by atoms with Crippen molar-refractivity contribution in [2.45, 2.75) is 45.1 Å². The summed E-state index contributed by atoms with van der Waals surface area (Å²) in [6, 6.07) is 3.23. The molecule has 0 aliphatic heterocycles. The molecule has 0 radical (unpaired) electrons. The Hall–Kier alpha value is -1.29. The SMILES string of the molecule is COC(=O)c1ccc(C2(O)CCCC(C)(C)C2)o1. The number of methoxy groups -OCH3 is 1. The van der Waals surface area contributed by atoms with E-state index in [-0.39, 0.29) is 11.2 Å². The Labute approximate surface area is 107 Å². The van der Waals surface area contributed by atoms with Crippen molar-refractivity contribution in [3.8, 4) is 0 Å². The van der Waals surface area contributed by atoms with Gasteiger partial charge in [-0.1, -0.05) is 13.8 Å². The molecule has 4 nitrogen and oxygen atoms in total. The van der Waals surface area contributed by atoms with Crippen LogP contribution in [0.1, 0.15) is 55.8 Å². The van der Waals surface area contributed by atoms with Gasteiger partial charge in [-0.05, 0) is 43.2 Å². The zero-order chi connectivity index (χ0) is 13.4. The number of rotatable bonds is 2. The maximum Gasteiger partial charge on any atom is 0.373 e. The maximum absolute atomic E-state index is 11.3. The van der Waals surface area contributed by atoms with E-state index in [1.54, 1.807) is 12.1 Å². The van der Waals surface area contributed by atoms with Gasteiger partial charge in [0.15, 0.2) is 0 Å². The van der Waals surface area contributed by atoms with Crippen LogP contribution in [0.15, 0.2) is 16.5 Å². The predicted octanol–water partition coefficient (Wildman–Crippen LogP) is 2.85. The van der Waals surface area contributed by atoms with Crippen molar-refractivity contribution in [1.29, 1.82) is 0 Å². The van der Waals surface area contributed by atoms with Crippen LogP contribution < -0.4 is 0 Å². The monoisotopic (exact) mass is 252 g/mol.